The molecule has 0 saturated heterocycles. The van der Waals surface area contributed by atoms with E-state index in [-0.39, 0.29) is 32.7 Å². The van der Waals surface area contributed by atoms with Gasteiger partial charge in [-0.15, -0.1) is 0 Å². The molecule has 0 aromatic heterocycles. The number of allylic oxidation sites excluding steroid dienone is 30. The molecule has 0 fully saturated rings. The fourth-order valence-corrected chi connectivity index (χ4v) is 8.21. The Bertz CT molecular complexity index is 2050. The third-order valence-electron chi connectivity index (χ3n) is 13.2. The van der Waals surface area contributed by atoms with Crippen LogP contribution in [0.4, 0.5) is 0 Å². The van der Waals surface area contributed by atoms with Crippen molar-refractivity contribution in [3.8, 4) is 0 Å². The molecule has 0 aliphatic heterocycles. The zero-order chi connectivity index (χ0) is 61.9. The Morgan fingerprint density at radius 2 is 0.659 bits per heavy atom. The molecule has 9 heteroatoms. The summed E-state index contributed by atoms with van der Waals surface area (Å²) in [6.07, 6.45) is 95.8. The maximum atomic E-state index is 12.9. The number of nitrogens with zero attached hydrogens (tertiary/aromatic N) is 1. The van der Waals surface area contributed by atoms with Crippen molar-refractivity contribution in [1.82, 2.24) is 0 Å². The van der Waals surface area contributed by atoms with Crippen molar-refractivity contribution in [2.75, 3.05) is 47.5 Å². The van der Waals surface area contributed by atoms with E-state index in [0.717, 1.165) is 116 Å². The molecule has 0 bridgehead atoms. The molecule has 85 heavy (non-hydrogen) atoms. The number of carboxylic acid groups (broad SMARTS) is 1. The minimum absolute atomic E-state index is 0.167. The van der Waals surface area contributed by atoms with Gasteiger partial charge >= 0.3 is 17.9 Å². The number of carbonyl (C=O) groups excluding carboxylic acids is 2. The van der Waals surface area contributed by atoms with Crippen molar-refractivity contribution >= 4 is 17.9 Å². The van der Waals surface area contributed by atoms with E-state index < -0.39 is 30.3 Å². The highest BCUT2D eigenvalue weighted by Gasteiger charge is 2.25. The first-order valence-electron chi connectivity index (χ1n) is 32.9. The largest absolute Gasteiger partial charge is 0.477 e. The van der Waals surface area contributed by atoms with Crippen molar-refractivity contribution in [1.29, 1.82) is 0 Å². The molecular formula is C76H120NO8+. The van der Waals surface area contributed by atoms with E-state index in [4.69, 9.17) is 18.9 Å². The highest BCUT2D eigenvalue weighted by atomic mass is 16.7. The van der Waals surface area contributed by atoms with Crippen LogP contribution in [-0.2, 0) is 33.3 Å². The average Bonchev–Trinajstić information content (AvgIpc) is 3.49. The molecule has 1 N–H and O–H groups in total. The van der Waals surface area contributed by atoms with Crippen LogP contribution >= 0.6 is 0 Å². The van der Waals surface area contributed by atoms with Crippen LogP contribution in [0.25, 0.3) is 0 Å². The average molecular weight is 1180 g/mol. The summed E-state index contributed by atoms with van der Waals surface area (Å²) in [5, 5.41) is 9.72. The van der Waals surface area contributed by atoms with Gasteiger partial charge in [0.05, 0.1) is 34.4 Å². The minimum atomic E-state index is -1.54. The Morgan fingerprint density at radius 3 is 0.988 bits per heavy atom. The van der Waals surface area contributed by atoms with Crippen LogP contribution in [0, 0.1) is 0 Å². The van der Waals surface area contributed by atoms with E-state index in [1.807, 2.05) is 33.3 Å². The van der Waals surface area contributed by atoms with Gasteiger partial charge < -0.3 is 28.5 Å². The van der Waals surface area contributed by atoms with Crippen LogP contribution < -0.4 is 0 Å². The number of quaternary nitrogens is 1. The van der Waals surface area contributed by atoms with Crippen molar-refractivity contribution in [2.45, 2.75) is 232 Å². The summed E-state index contributed by atoms with van der Waals surface area (Å²) in [7, 11) is 5.94. The number of esters is 2. The van der Waals surface area contributed by atoms with E-state index in [0.29, 0.717) is 23.9 Å². The van der Waals surface area contributed by atoms with E-state index in [1.54, 1.807) is 0 Å². The van der Waals surface area contributed by atoms with Crippen LogP contribution in [0.2, 0.25) is 0 Å². The monoisotopic (exact) mass is 1170 g/mol. The van der Waals surface area contributed by atoms with E-state index in [1.165, 1.54) is 64.2 Å². The predicted octanol–water partition coefficient (Wildman–Crippen LogP) is 20.5. The van der Waals surface area contributed by atoms with Crippen LogP contribution in [0.15, 0.2) is 182 Å². The molecule has 0 aliphatic carbocycles. The predicted molar refractivity (Wildman–Crippen MR) is 363 cm³/mol. The summed E-state index contributed by atoms with van der Waals surface area (Å²) < 4.78 is 22.8. The van der Waals surface area contributed by atoms with Crippen molar-refractivity contribution in [2.24, 2.45) is 0 Å². The third kappa shape index (κ3) is 65.8. The van der Waals surface area contributed by atoms with Gasteiger partial charge in [0.15, 0.2) is 6.10 Å². The van der Waals surface area contributed by atoms with Crippen molar-refractivity contribution in [3.63, 3.8) is 0 Å². The highest BCUT2D eigenvalue weighted by Crippen LogP contribution is 2.15. The van der Waals surface area contributed by atoms with Crippen LogP contribution in [0.3, 0.4) is 0 Å². The molecule has 476 valence electrons. The summed E-state index contributed by atoms with van der Waals surface area (Å²) in [5.74, 6) is -2.14. The summed E-state index contributed by atoms with van der Waals surface area (Å²) in [5.41, 5.74) is 0. The molecule has 0 spiro atoms. The smallest absolute Gasteiger partial charge is 0.361 e. The number of hydrogen-bond acceptors (Lipinski definition) is 7. The van der Waals surface area contributed by atoms with Gasteiger partial charge in [0.25, 0.3) is 6.29 Å². The first kappa shape index (κ1) is 79.4. The molecule has 9 nitrogen and oxygen atoms in total. The molecular weight excluding hydrogens is 1050 g/mol. The van der Waals surface area contributed by atoms with Gasteiger partial charge in [-0.1, -0.05) is 267 Å². The molecule has 0 rings (SSSR count). The molecule has 2 atom stereocenters. The Balaban J connectivity index is 4.19. The molecule has 0 radical (unpaired) electrons. The number of unbranched alkanes of at least 4 members (excludes halogenated alkanes) is 13. The Kier molecular flexibility index (Phi) is 60.1. The second kappa shape index (κ2) is 64.4. The lowest BCUT2D eigenvalue weighted by Crippen LogP contribution is -2.40. The topological polar surface area (TPSA) is 108 Å². The molecule has 0 saturated carbocycles. The Hall–Kier alpha value is -5.61. The molecule has 0 aromatic rings. The number of hydrogen-bond donors (Lipinski definition) is 1. The van der Waals surface area contributed by atoms with Gasteiger partial charge in [0, 0.05) is 12.8 Å². The van der Waals surface area contributed by atoms with Gasteiger partial charge in [-0.3, -0.25) is 9.59 Å². The fourth-order valence-electron chi connectivity index (χ4n) is 8.21. The summed E-state index contributed by atoms with van der Waals surface area (Å²) in [6.45, 7) is 4.54. The molecule has 2 unspecified atom stereocenters. The number of likely N-dealkylation sites (N-methyl/N-ethyl adjacent to an activating group) is 1. The lowest BCUT2D eigenvalue weighted by molar-refractivity contribution is -0.870. The second-order valence-electron chi connectivity index (χ2n) is 22.3. The Morgan fingerprint density at radius 1 is 0.353 bits per heavy atom. The molecule has 0 aromatic carbocycles. The van der Waals surface area contributed by atoms with Gasteiger partial charge in [0.1, 0.15) is 13.2 Å². The molecule has 0 aliphatic rings. The van der Waals surface area contributed by atoms with Gasteiger partial charge in [0.2, 0.25) is 0 Å². The number of aliphatic carboxylic acids is 1. The first-order valence-corrected chi connectivity index (χ1v) is 32.9. The maximum absolute atomic E-state index is 12.9. The number of carboxylic acids is 1. The van der Waals surface area contributed by atoms with Crippen LogP contribution in [0.1, 0.15) is 219 Å². The SMILES string of the molecule is CC/C=C\C/C=C\C/C=C\C/C=C\C/C=C\C/C=C\C/C=C\C/C=C\C/C=C\CCCCCCCCCCCCCCCC(=O)OC(COC(=O)CC/C=C\C/C=C\C/C=C\C/C=C\C/C=C\C/C=C\CC)COC(OCC[N+](C)(C)C)C(=O)O. The zero-order valence-electron chi connectivity index (χ0n) is 54.2. The standard InChI is InChI=1S/C76H119NO8/c1-6-8-10-12-14-16-18-20-22-24-26-27-28-29-30-31-32-33-34-35-36-37-38-39-40-41-42-43-44-45-46-47-49-51-53-55-57-59-61-63-65-67-74(79)85-72(71-84-76(75(80)81)82-69-68-77(3,4)5)70-83-73(78)66-64-62-60-58-56-54-52-50-48-25-23-21-19-17-15-13-11-9-7-2/h8-11,14-17,20-23,26-27,29-30,32-33,35-36,38-39,41-42,48,50,54,56,60,62,72,76H,6-7,12-13,18-19,24-25,28,31,34,37,40,43-47,49,51-53,55,57-59,61,63-71H2,1-5H3/p+1/b10-8-,11-9-,16-14-,17-15-,22-20-,23-21-,27-26-,30-29-,33-32-,36-35-,39-38-,42-41-,50-48-,56-54-,62-60-. The van der Waals surface area contributed by atoms with Gasteiger partial charge in [-0.05, 0) is 122 Å². The first-order chi connectivity index (χ1) is 41.6. The fraction of sp³-hybridized carbons (Fsp3) is 0.566. The number of rotatable bonds is 58. The van der Waals surface area contributed by atoms with Gasteiger partial charge in [-0.25, -0.2) is 4.79 Å². The normalized spacial score (nSPS) is 13.9. The maximum Gasteiger partial charge on any atom is 0.361 e. The van der Waals surface area contributed by atoms with Crippen LogP contribution in [0.5, 0.6) is 0 Å². The van der Waals surface area contributed by atoms with E-state index in [9.17, 15) is 19.5 Å². The highest BCUT2D eigenvalue weighted by molar-refractivity contribution is 5.71. The van der Waals surface area contributed by atoms with Crippen molar-refractivity contribution < 1.29 is 42.9 Å². The number of carbonyl (C=O) groups is 3. The third-order valence-corrected chi connectivity index (χ3v) is 13.2. The molecule has 0 amide bonds. The van der Waals surface area contributed by atoms with Crippen LogP contribution in [-0.4, -0.2) is 87.4 Å². The van der Waals surface area contributed by atoms with Gasteiger partial charge in [-0.2, -0.15) is 0 Å². The minimum Gasteiger partial charge on any atom is -0.477 e. The lowest BCUT2D eigenvalue weighted by Gasteiger charge is -2.25. The number of ether oxygens (including phenoxy) is 4. The quantitative estimate of drug-likeness (QED) is 0.0211. The Labute approximate surface area is 519 Å². The second-order valence-corrected chi connectivity index (χ2v) is 22.3. The lowest BCUT2D eigenvalue weighted by atomic mass is 10.0. The van der Waals surface area contributed by atoms with Crippen molar-refractivity contribution in [3.05, 3.63) is 182 Å². The summed E-state index contributed by atoms with van der Waals surface area (Å²) in [6, 6.07) is 0. The summed E-state index contributed by atoms with van der Waals surface area (Å²) >= 11 is 0. The van der Waals surface area contributed by atoms with E-state index in [2.05, 4.69) is 184 Å². The zero-order valence-corrected chi connectivity index (χ0v) is 54.2. The van der Waals surface area contributed by atoms with E-state index >= 15 is 0 Å². The molecule has 0 heterocycles. The summed E-state index contributed by atoms with van der Waals surface area (Å²) in [4.78, 5) is 37.5.